The molecule has 0 radical (unpaired) electrons. The standard InChI is InChI=1S/C14H24NO2PS2/c1-3-5-12-16-18(19,17-13-6-4-2)20-15-14-10-8-7-9-11-14/h7-11,15H,3-6,12-13H2,1-2H3. The fraction of sp³-hybridized carbons (Fsp3) is 0.571. The van der Waals surface area contributed by atoms with Crippen molar-refractivity contribution in [1.29, 1.82) is 0 Å². The van der Waals surface area contributed by atoms with Crippen LogP contribution in [0.25, 0.3) is 0 Å². The normalized spacial score (nSPS) is 11.5. The van der Waals surface area contributed by atoms with Gasteiger partial charge in [-0.05, 0) is 36.8 Å². The zero-order valence-electron chi connectivity index (χ0n) is 12.2. The Labute approximate surface area is 131 Å². The third kappa shape index (κ3) is 7.65. The first-order valence-corrected chi connectivity index (χ1v) is 11.1. The van der Waals surface area contributed by atoms with Crippen LogP contribution in [0, 0.1) is 0 Å². The average Bonchev–Trinajstić information content (AvgIpc) is 2.47. The first-order valence-electron chi connectivity index (χ1n) is 7.09. The summed E-state index contributed by atoms with van der Waals surface area (Å²) in [5.74, 6) is 0. The molecule has 0 aromatic heterocycles. The minimum Gasteiger partial charge on any atom is -0.322 e. The van der Waals surface area contributed by atoms with E-state index in [2.05, 4.69) is 18.6 Å². The SMILES string of the molecule is CCCCOP(=S)(OCCCC)SNc1ccccc1. The summed E-state index contributed by atoms with van der Waals surface area (Å²) >= 11 is 7.00. The molecule has 1 aromatic rings. The van der Waals surface area contributed by atoms with Crippen molar-refractivity contribution in [3.05, 3.63) is 30.3 Å². The maximum absolute atomic E-state index is 5.84. The van der Waals surface area contributed by atoms with Gasteiger partial charge >= 0.3 is 0 Å². The van der Waals surface area contributed by atoms with Crippen LogP contribution in [0.3, 0.4) is 0 Å². The summed E-state index contributed by atoms with van der Waals surface area (Å²) in [7, 11) is 0. The lowest BCUT2D eigenvalue weighted by Crippen LogP contribution is -1.99. The molecule has 6 heteroatoms. The summed E-state index contributed by atoms with van der Waals surface area (Å²) in [6.07, 6.45) is 4.23. The lowest BCUT2D eigenvalue weighted by molar-refractivity contribution is 0.253. The maximum Gasteiger partial charge on any atom is 0.267 e. The van der Waals surface area contributed by atoms with Crippen molar-refractivity contribution in [3.8, 4) is 0 Å². The second-order valence-electron chi connectivity index (χ2n) is 4.38. The van der Waals surface area contributed by atoms with Crippen molar-refractivity contribution in [3.63, 3.8) is 0 Å². The maximum atomic E-state index is 5.84. The van der Waals surface area contributed by atoms with E-state index in [4.69, 9.17) is 20.9 Å². The van der Waals surface area contributed by atoms with Gasteiger partial charge in [0.05, 0.1) is 13.2 Å². The van der Waals surface area contributed by atoms with E-state index < -0.39 is 5.69 Å². The lowest BCUT2D eigenvalue weighted by atomic mass is 10.3. The van der Waals surface area contributed by atoms with Gasteiger partial charge in [-0.3, -0.25) is 0 Å². The Balaban J connectivity index is 2.49. The van der Waals surface area contributed by atoms with Gasteiger partial charge in [0.25, 0.3) is 5.69 Å². The number of para-hydroxylation sites is 1. The minimum absolute atomic E-state index is 0.670. The Morgan fingerprint density at radius 3 is 2.10 bits per heavy atom. The van der Waals surface area contributed by atoms with Crippen LogP contribution in [0.4, 0.5) is 5.69 Å². The number of rotatable bonds is 11. The van der Waals surface area contributed by atoms with E-state index in [9.17, 15) is 0 Å². The highest BCUT2D eigenvalue weighted by Crippen LogP contribution is 2.60. The van der Waals surface area contributed by atoms with Crippen molar-refractivity contribution < 1.29 is 9.05 Å². The Morgan fingerprint density at radius 1 is 1.05 bits per heavy atom. The van der Waals surface area contributed by atoms with Crippen LogP contribution in [0.2, 0.25) is 0 Å². The molecule has 1 rings (SSSR count). The number of nitrogens with one attached hydrogen (secondary N) is 1. The van der Waals surface area contributed by atoms with Gasteiger partial charge < -0.3 is 13.8 Å². The van der Waals surface area contributed by atoms with E-state index in [-0.39, 0.29) is 0 Å². The molecule has 0 aliphatic heterocycles. The molecule has 0 fully saturated rings. The fourth-order valence-corrected chi connectivity index (χ4v) is 4.78. The van der Waals surface area contributed by atoms with E-state index >= 15 is 0 Å². The second-order valence-corrected chi connectivity index (χ2v) is 10.3. The third-order valence-corrected chi connectivity index (χ3v) is 6.97. The Hall–Kier alpha value is -0.0600. The second kappa shape index (κ2) is 10.6. The predicted octanol–water partition coefficient (Wildman–Crippen LogP) is 5.60. The van der Waals surface area contributed by atoms with Gasteiger partial charge in [-0.25, -0.2) is 0 Å². The average molecular weight is 333 g/mol. The molecule has 0 aliphatic rings. The molecule has 0 atom stereocenters. The summed E-state index contributed by atoms with van der Waals surface area (Å²) in [5.41, 5.74) is -1.29. The third-order valence-electron chi connectivity index (χ3n) is 2.54. The molecule has 0 aliphatic carbocycles. The number of benzene rings is 1. The van der Waals surface area contributed by atoms with Gasteiger partial charge in [-0.1, -0.05) is 44.9 Å². The van der Waals surface area contributed by atoms with Crippen LogP contribution in [-0.2, 0) is 20.9 Å². The summed E-state index contributed by atoms with van der Waals surface area (Å²) in [6, 6.07) is 9.97. The Bertz CT molecular complexity index is 389. The smallest absolute Gasteiger partial charge is 0.267 e. The summed E-state index contributed by atoms with van der Waals surface area (Å²) < 4.78 is 14.9. The summed E-state index contributed by atoms with van der Waals surface area (Å²) in [4.78, 5) is 0. The van der Waals surface area contributed by atoms with Crippen LogP contribution in [0.5, 0.6) is 0 Å². The summed E-state index contributed by atoms with van der Waals surface area (Å²) in [5, 5.41) is 0. The van der Waals surface area contributed by atoms with Crippen molar-refractivity contribution in [1.82, 2.24) is 0 Å². The fourth-order valence-electron chi connectivity index (χ4n) is 1.35. The molecule has 0 unspecified atom stereocenters. The molecule has 1 aromatic carbocycles. The monoisotopic (exact) mass is 333 g/mol. The van der Waals surface area contributed by atoms with E-state index in [1.807, 2.05) is 30.3 Å². The molecule has 0 heterocycles. The first-order chi connectivity index (χ1) is 9.70. The Kier molecular flexibility index (Phi) is 9.57. The molecule has 0 spiro atoms. The van der Waals surface area contributed by atoms with Crippen LogP contribution >= 0.6 is 17.3 Å². The number of anilines is 1. The Morgan fingerprint density at radius 2 is 1.60 bits per heavy atom. The topological polar surface area (TPSA) is 30.5 Å². The van der Waals surface area contributed by atoms with E-state index in [1.165, 1.54) is 11.6 Å². The predicted molar refractivity (Wildman–Crippen MR) is 93.7 cm³/mol. The van der Waals surface area contributed by atoms with Gasteiger partial charge in [0.1, 0.15) is 0 Å². The molecule has 0 amide bonds. The van der Waals surface area contributed by atoms with E-state index in [0.29, 0.717) is 13.2 Å². The largest absolute Gasteiger partial charge is 0.322 e. The van der Waals surface area contributed by atoms with Crippen molar-refractivity contribution >= 4 is 34.8 Å². The first kappa shape index (κ1) is 18.0. The molecule has 20 heavy (non-hydrogen) atoms. The van der Waals surface area contributed by atoms with E-state index in [0.717, 1.165) is 31.4 Å². The molecule has 114 valence electrons. The molecule has 0 bridgehead atoms. The number of hydrogen-bond donors (Lipinski definition) is 1. The van der Waals surface area contributed by atoms with Gasteiger partial charge in [-0.2, -0.15) is 0 Å². The van der Waals surface area contributed by atoms with Crippen LogP contribution in [-0.4, -0.2) is 13.2 Å². The van der Waals surface area contributed by atoms with Crippen LogP contribution in [0.15, 0.2) is 30.3 Å². The summed E-state index contributed by atoms with van der Waals surface area (Å²) in [6.45, 7) is 5.62. The van der Waals surface area contributed by atoms with Gasteiger partial charge in [0.15, 0.2) is 0 Å². The van der Waals surface area contributed by atoms with Gasteiger partial charge in [0, 0.05) is 17.3 Å². The quantitative estimate of drug-likeness (QED) is 0.323. The highest BCUT2D eigenvalue weighted by Gasteiger charge is 2.20. The van der Waals surface area contributed by atoms with E-state index in [1.54, 1.807) is 0 Å². The minimum atomic E-state index is -2.31. The van der Waals surface area contributed by atoms with Gasteiger partial charge in [0.2, 0.25) is 0 Å². The highest BCUT2D eigenvalue weighted by atomic mass is 32.9. The molecule has 0 saturated heterocycles. The van der Waals surface area contributed by atoms with Crippen molar-refractivity contribution in [2.75, 3.05) is 17.9 Å². The number of hydrogen-bond acceptors (Lipinski definition) is 5. The molecular formula is C14H24NO2PS2. The molecule has 3 nitrogen and oxygen atoms in total. The van der Waals surface area contributed by atoms with Crippen LogP contribution < -0.4 is 4.72 Å². The van der Waals surface area contributed by atoms with Gasteiger partial charge in [-0.15, -0.1) is 0 Å². The zero-order chi connectivity index (χ0) is 14.7. The molecule has 1 N–H and O–H groups in total. The van der Waals surface area contributed by atoms with Crippen molar-refractivity contribution in [2.45, 2.75) is 39.5 Å². The molecular weight excluding hydrogens is 309 g/mol. The lowest BCUT2D eigenvalue weighted by Gasteiger charge is -2.21. The highest BCUT2D eigenvalue weighted by molar-refractivity contribution is 8.68. The number of unbranched alkanes of at least 4 members (excludes halogenated alkanes) is 2. The van der Waals surface area contributed by atoms with Crippen LogP contribution in [0.1, 0.15) is 39.5 Å². The molecule has 0 saturated carbocycles. The van der Waals surface area contributed by atoms with Crippen molar-refractivity contribution in [2.24, 2.45) is 0 Å². The zero-order valence-corrected chi connectivity index (χ0v) is 14.7.